The molecular formula is C12H16N2O3. The van der Waals surface area contributed by atoms with Crippen molar-refractivity contribution in [3.05, 3.63) is 23.8 Å². The van der Waals surface area contributed by atoms with Crippen LogP contribution in [-0.2, 0) is 16.0 Å². The minimum Gasteiger partial charge on any atom is -0.396 e. The van der Waals surface area contributed by atoms with Gasteiger partial charge in [-0.05, 0) is 30.2 Å². The largest absolute Gasteiger partial charge is 0.396 e. The van der Waals surface area contributed by atoms with Crippen molar-refractivity contribution in [1.29, 1.82) is 0 Å². The van der Waals surface area contributed by atoms with Crippen molar-refractivity contribution >= 4 is 23.2 Å². The van der Waals surface area contributed by atoms with E-state index in [1.54, 1.807) is 18.2 Å². The van der Waals surface area contributed by atoms with Gasteiger partial charge in [-0.15, -0.1) is 0 Å². The van der Waals surface area contributed by atoms with E-state index < -0.39 is 0 Å². The lowest BCUT2D eigenvalue weighted by Crippen LogP contribution is -2.11. The molecule has 1 aromatic carbocycles. The maximum atomic E-state index is 11.0. The first-order valence-electron chi connectivity index (χ1n) is 5.32. The fourth-order valence-corrected chi connectivity index (χ4v) is 1.51. The Balaban J connectivity index is 2.98. The highest BCUT2D eigenvalue weighted by Crippen LogP contribution is 2.21. The van der Waals surface area contributed by atoms with Crippen LogP contribution in [0.1, 0.15) is 19.4 Å². The molecule has 0 saturated heterocycles. The van der Waals surface area contributed by atoms with Gasteiger partial charge < -0.3 is 15.7 Å². The van der Waals surface area contributed by atoms with Crippen molar-refractivity contribution in [3.8, 4) is 0 Å². The van der Waals surface area contributed by atoms with Crippen molar-refractivity contribution in [1.82, 2.24) is 0 Å². The van der Waals surface area contributed by atoms with Gasteiger partial charge in [0, 0.05) is 31.8 Å². The van der Waals surface area contributed by atoms with Crippen LogP contribution in [0.5, 0.6) is 0 Å². The molecule has 0 aromatic heterocycles. The van der Waals surface area contributed by atoms with Gasteiger partial charge in [-0.2, -0.15) is 0 Å². The van der Waals surface area contributed by atoms with Crippen molar-refractivity contribution in [2.24, 2.45) is 0 Å². The van der Waals surface area contributed by atoms with E-state index in [1.807, 2.05) is 0 Å². The molecule has 5 heteroatoms. The molecule has 0 saturated carbocycles. The van der Waals surface area contributed by atoms with Gasteiger partial charge in [0.2, 0.25) is 11.8 Å². The van der Waals surface area contributed by atoms with Crippen LogP contribution in [-0.4, -0.2) is 23.5 Å². The Morgan fingerprint density at radius 2 is 1.82 bits per heavy atom. The van der Waals surface area contributed by atoms with E-state index in [4.69, 9.17) is 5.11 Å². The first kappa shape index (κ1) is 13.2. The zero-order valence-corrected chi connectivity index (χ0v) is 9.91. The fraction of sp³-hybridized carbons (Fsp3) is 0.333. The molecule has 0 atom stereocenters. The van der Waals surface area contributed by atoms with Crippen LogP contribution in [0.4, 0.5) is 11.4 Å². The number of rotatable bonds is 4. The minimum atomic E-state index is -0.170. The molecule has 1 rings (SSSR count). The molecule has 92 valence electrons. The zero-order valence-electron chi connectivity index (χ0n) is 9.91. The molecule has 0 spiro atoms. The lowest BCUT2D eigenvalue weighted by molar-refractivity contribution is -0.115. The number of carbonyl (C=O) groups excluding carboxylic acids is 2. The molecule has 0 aliphatic heterocycles. The van der Waals surface area contributed by atoms with Gasteiger partial charge in [0.1, 0.15) is 0 Å². The topological polar surface area (TPSA) is 78.4 Å². The van der Waals surface area contributed by atoms with E-state index in [-0.39, 0.29) is 18.4 Å². The Morgan fingerprint density at radius 3 is 2.35 bits per heavy atom. The predicted octanol–water partition coefficient (Wildman–Crippen LogP) is 1.14. The second-order valence-electron chi connectivity index (χ2n) is 3.71. The highest BCUT2D eigenvalue weighted by molar-refractivity contribution is 5.92. The van der Waals surface area contributed by atoms with Crippen LogP contribution in [0.2, 0.25) is 0 Å². The van der Waals surface area contributed by atoms with Crippen molar-refractivity contribution in [2.75, 3.05) is 17.2 Å². The molecule has 1 aromatic rings. The summed E-state index contributed by atoms with van der Waals surface area (Å²) in [5.41, 5.74) is 2.09. The summed E-state index contributed by atoms with van der Waals surface area (Å²) in [7, 11) is 0. The summed E-state index contributed by atoms with van der Waals surface area (Å²) < 4.78 is 0. The highest BCUT2D eigenvalue weighted by atomic mass is 16.3. The Bertz CT molecular complexity index is 430. The van der Waals surface area contributed by atoms with E-state index in [9.17, 15) is 9.59 Å². The normalized spacial score (nSPS) is 9.82. The summed E-state index contributed by atoms with van der Waals surface area (Å²) in [5.74, 6) is -0.330. The molecular weight excluding hydrogens is 220 g/mol. The molecule has 0 unspecified atom stereocenters. The second-order valence-corrected chi connectivity index (χ2v) is 3.71. The lowest BCUT2D eigenvalue weighted by atomic mass is 10.1. The molecule has 0 radical (unpaired) electrons. The predicted molar refractivity (Wildman–Crippen MR) is 65.8 cm³/mol. The molecule has 0 bridgehead atoms. The van der Waals surface area contributed by atoms with E-state index in [0.29, 0.717) is 17.8 Å². The number of aliphatic hydroxyl groups excluding tert-OH is 1. The number of hydrogen-bond acceptors (Lipinski definition) is 3. The van der Waals surface area contributed by atoms with Gasteiger partial charge in [0.15, 0.2) is 0 Å². The Morgan fingerprint density at radius 1 is 1.18 bits per heavy atom. The lowest BCUT2D eigenvalue weighted by Gasteiger charge is -2.11. The molecule has 3 N–H and O–H groups in total. The van der Waals surface area contributed by atoms with Crippen LogP contribution in [0.25, 0.3) is 0 Å². The SMILES string of the molecule is CC(=O)Nc1ccc(NC(C)=O)c(CCO)c1. The number of amides is 2. The van der Waals surface area contributed by atoms with Gasteiger partial charge in [-0.25, -0.2) is 0 Å². The van der Waals surface area contributed by atoms with Crippen LogP contribution in [0, 0.1) is 0 Å². The van der Waals surface area contributed by atoms with Crippen molar-refractivity contribution in [2.45, 2.75) is 20.3 Å². The summed E-state index contributed by atoms with van der Waals surface area (Å²) in [6, 6.07) is 5.15. The summed E-state index contributed by atoms with van der Waals surface area (Å²) in [5, 5.41) is 14.3. The summed E-state index contributed by atoms with van der Waals surface area (Å²) in [4.78, 5) is 21.9. The molecule has 5 nitrogen and oxygen atoms in total. The van der Waals surface area contributed by atoms with E-state index in [1.165, 1.54) is 13.8 Å². The van der Waals surface area contributed by atoms with Crippen molar-refractivity contribution in [3.63, 3.8) is 0 Å². The highest BCUT2D eigenvalue weighted by Gasteiger charge is 2.06. The van der Waals surface area contributed by atoms with E-state index >= 15 is 0 Å². The Kier molecular flexibility index (Phi) is 4.66. The zero-order chi connectivity index (χ0) is 12.8. The molecule has 0 aliphatic carbocycles. The quantitative estimate of drug-likeness (QED) is 0.733. The maximum Gasteiger partial charge on any atom is 0.221 e. The Hall–Kier alpha value is -1.88. The fourth-order valence-electron chi connectivity index (χ4n) is 1.51. The minimum absolute atomic E-state index is 0.0177. The van der Waals surface area contributed by atoms with E-state index in [0.717, 1.165) is 5.56 Å². The Labute approximate surface area is 99.8 Å². The van der Waals surface area contributed by atoms with Crippen molar-refractivity contribution < 1.29 is 14.7 Å². The standard InChI is InChI=1S/C12H16N2O3/c1-8(16)13-11-3-4-12(14-9(2)17)10(7-11)5-6-15/h3-4,7,15H,5-6H2,1-2H3,(H,13,16)(H,14,17). The third-order valence-electron chi connectivity index (χ3n) is 2.12. The number of hydrogen-bond donors (Lipinski definition) is 3. The number of anilines is 2. The van der Waals surface area contributed by atoms with E-state index in [2.05, 4.69) is 10.6 Å². The third kappa shape index (κ3) is 4.24. The molecule has 0 fully saturated rings. The number of nitrogens with one attached hydrogen (secondary N) is 2. The first-order valence-corrected chi connectivity index (χ1v) is 5.32. The molecule has 0 heterocycles. The third-order valence-corrected chi connectivity index (χ3v) is 2.12. The van der Waals surface area contributed by atoms with Gasteiger partial charge in [-0.1, -0.05) is 0 Å². The van der Waals surface area contributed by atoms with Crippen LogP contribution in [0.3, 0.4) is 0 Å². The molecule has 17 heavy (non-hydrogen) atoms. The number of aliphatic hydroxyl groups is 1. The summed E-state index contributed by atoms with van der Waals surface area (Å²) in [6.07, 6.45) is 0.420. The van der Waals surface area contributed by atoms with Gasteiger partial charge in [-0.3, -0.25) is 9.59 Å². The summed E-state index contributed by atoms with van der Waals surface area (Å²) in [6.45, 7) is 2.83. The molecule has 0 aliphatic rings. The van der Waals surface area contributed by atoms with Crippen LogP contribution < -0.4 is 10.6 Å². The monoisotopic (exact) mass is 236 g/mol. The average molecular weight is 236 g/mol. The smallest absolute Gasteiger partial charge is 0.221 e. The second kappa shape index (κ2) is 6.00. The summed E-state index contributed by atoms with van der Waals surface area (Å²) >= 11 is 0. The van der Waals surface area contributed by atoms with Gasteiger partial charge >= 0.3 is 0 Å². The number of benzene rings is 1. The van der Waals surface area contributed by atoms with Gasteiger partial charge in [0.05, 0.1) is 0 Å². The van der Waals surface area contributed by atoms with Crippen LogP contribution >= 0.6 is 0 Å². The number of carbonyl (C=O) groups is 2. The van der Waals surface area contributed by atoms with Gasteiger partial charge in [0.25, 0.3) is 0 Å². The molecule has 2 amide bonds. The maximum absolute atomic E-state index is 11.0. The first-order chi connectivity index (χ1) is 8.02. The van der Waals surface area contributed by atoms with Crippen LogP contribution in [0.15, 0.2) is 18.2 Å². The average Bonchev–Trinajstić information content (AvgIpc) is 2.21.